The van der Waals surface area contributed by atoms with Crippen LogP contribution in [0.2, 0.25) is 0 Å². The van der Waals surface area contributed by atoms with Crippen LogP contribution in [0.1, 0.15) is 48.6 Å². The molecule has 0 N–H and O–H groups in total. The normalized spacial score (nSPS) is 11.5. The molecule has 2 heteroatoms. The first-order valence-electron chi connectivity index (χ1n) is 23.7. The molecule has 0 unspecified atom stereocenters. The number of allylic oxidation sites excluding steroid dienone is 1. The van der Waals surface area contributed by atoms with Crippen molar-refractivity contribution in [2.45, 2.75) is 34.6 Å². The molecule has 0 fully saturated rings. The standard InChI is InChI=1S/C45H34N2.C19H16.C2H6/c1-31-15-9-10-20-38(31)45-32(2)39-21-11-13-23-43(39)47(44-24-14-12-22-40(44)45)37-27-25-35(26-28-37)42-30-36(33-16-5-3-6-17-33)29-41(46-42)34-18-7-4-8-19-34;1-15-12-18(16-8-4-2-5-9-16)14-19(13-15)17-10-6-3-7-11-17;1-2/h3-30H,1-2H3;2-14H,1H3;1-2H3. The number of fused-ring (bicyclic) bond motifs is 2. The number of para-hydroxylation sites is 2. The lowest BCUT2D eigenvalue weighted by Crippen LogP contribution is -2.12. The van der Waals surface area contributed by atoms with Gasteiger partial charge in [0.05, 0.1) is 22.8 Å². The van der Waals surface area contributed by atoms with E-state index in [1.54, 1.807) is 0 Å². The van der Waals surface area contributed by atoms with E-state index in [9.17, 15) is 0 Å². The van der Waals surface area contributed by atoms with Crippen LogP contribution in [0.4, 0.5) is 17.1 Å². The van der Waals surface area contributed by atoms with Gasteiger partial charge in [-0.15, -0.1) is 0 Å². The smallest absolute Gasteiger partial charge is 0.0715 e. The van der Waals surface area contributed by atoms with E-state index in [4.69, 9.17) is 4.98 Å². The number of aryl methyl sites for hydroxylation is 2. The van der Waals surface area contributed by atoms with Gasteiger partial charge in [0.1, 0.15) is 0 Å². The number of hydrogen-bond acceptors (Lipinski definition) is 2. The van der Waals surface area contributed by atoms with Crippen LogP contribution in [0.25, 0.3) is 67.0 Å². The van der Waals surface area contributed by atoms with Crippen molar-refractivity contribution in [3.63, 3.8) is 0 Å². The third kappa shape index (κ3) is 9.63. The first kappa shape index (κ1) is 44.9. The first-order valence-corrected chi connectivity index (χ1v) is 23.7. The number of benzene rings is 9. The van der Waals surface area contributed by atoms with E-state index in [0.29, 0.717) is 0 Å². The Hall–Kier alpha value is -8.33. The molecular formula is C66H56N2. The maximum absolute atomic E-state index is 5.17. The van der Waals surface area contributed by atoms with Crippen LogP contribution in [0.5, 0.6) is 0 Å². The topological polar surface area (TPSA) is 16.1 Å². The molecule has 0 radical (unpaired) electrons. The summed E-state index contributed by atoms with van der Waals surface area (Å²) >= 11 is 0. The zero-order valence-electron chi connectivity index (χ0n) is 39.6. The molecule has 0 amide bonds. The van der Waals surface area contributed by atoms with Crippen LogP contribution in [0.3, 0.4) is 0 Å². The highest BCUT2D eigenvalue weighted by molar-refractivity contribution is 6.08. The summed E-state index contributed by atoms with van der Waals surface area (Å²) in [6.45, 7) is 10.6. The molecule has 2 heterocycles. The number of aromatic nitrogens is 1. The predicted molar refractivity (Wildman–Crippen MR) is 291 cm³/mol. The molecule has 330 valence electrons. The predicted octanol–water partition coefficient (Wildman–Crippen LogP) is 18.5. The van der Waals surface area contributed by atoms with Gasteiger partial charge in [0.15, 0.2) is 0 Å². The first-order chi connectivity index (χ1) is 33.5. The molecule has 2 nitrogen and oxygen atoms in total. The number of pyridine rings is 1. The van der Waals surface area contributed by atoms with Crippen molar-refractivity contribution in [1.29, 1.82) is 0 Å². The zero-order valence-corrected chi connectivity index (χ0v) is 39.6. The highest BCUT2D eigenvalue weighted by Crippen LogP contribution is 2.49. The number of rotatable bonds is 7. The Labute approximate surface area is 403 Å². The van der Waals surface area contributed by atoms with Crippen molar-refractivity contribution in [1.82, 2.24) is 4.98 Å². The molecule has 1 aromatic heterocycles. The summed E-state index contributed by atoms with van der Waals surface area (Å²) in [6, 6.07) is 88.3. The summed E-state index contributed by atoms with van der Waals surface area (Å²) < 4.78 is 0. The minimum absolute atomic E-state index is 0.952. The van der Waals surface area contributed by atoms with Crippen LogP contribution in [-0.4, -0.2) is 4.98 Å². The minimum atomic E-state index is 0.952. The Morgan fingerprint density at radius 2 is 0.691 bits per heavy atom. The number of anilines is 3. The molecule has 0 spiro atoms. The lowest BCUT2D eigenvalue weighted by Gasteiger charge is -2.28. The van der Waals surface area contributed by atoms with E-state index in [-0.39, 0.29) is 0 Å². The van der Waals surface area contributed by atoms with Gasteiger partial charge in [-0.2, -0.15) is 0 Å². The highest BCUT2D eigenvalue weighted by atomic mass is 15.1. The third-order valence-electron chi connectivity index (χ3n) is 12.5. The Balaban J connectivity index is 0.000000229. The second-order valence-electron chi connectivity index (χ2n) is 16.9. The van der Waals surface area contributed by atoms with Gasteiger partial charge in [-0.05, 0) is 124 Å². The number of nitrogens with zero attached hydrogens (tertiary/aromatic N) is 2. The monoisotopic (exact) mass is 876 g/mol. The third-order valence-corrected chi connectivity index (χ3v) is 12.5. The SMILES string of the molecule is CC.CC1=C(c2ccccc2C)c2ccccc2N(c2ccc(-c3cc(-c4ccccc4)cc(-c4ccccc4)n3)cc2)c2ccccc21.Cc1cc(-c2ccccc2)cc(-c2ccccc2)c1. The molecule has 0 saturated heterocycles. The van der Waals surface area contributed by atoms with Crippen molar-refractivity contribution >= 4 is 28.2 Å². The van der Waals surface area contributed by atoms with Gasteiger partial charge < -0.3 is 4.90 Å². The molecule has 9 aromatic carbocycles. The van der Waals surface area contributed by atoms with Gasteiger partial charge in [-0.3, -0.25) is 0 Å². The fourth-order valence-corrected chi connectivity index (χ4v) is 9.20. The van der Waals surface area contributed by atoms with E-state index in [1.807, 2.05) is 19.9 Å². The second kappa shape index (κ2) is 20.9. The van der Waals surface area contributed by atoms with Crippen molar-refractivity contribution in [3.8, 4) is 55.9 Å². The Morgan fingerprint density at radius 3 is 1.19 bits per heavy atom. The average molecular weight is 877 g/mol. The largest absolute Gasteiger partial charge is 0.309 e. The van der Waals surface area contributed by atoms with Crippen molar-refractivity contribution in [2.75, 3.05) is 4.90 Å². The van der Waals surface area contributed by atoms with E-state index in [1.165, 1.54) is 78.2 Å². The summed E-state index contributed by atoms with van der Waals surface area (Å²) in [5, 5.41) is 0. The molecule has 0 bridgehead atoms. The van der Waals surface area contributed by atoms with E-state index >= 15 is 0 Å². The van der Waals surface area contributed by atoms with Gasteiger partial charge in [0.2, 0.25) is 0 Å². The lowest BCUT2D eigenvalue weighted by molar-refractivity contribution is 1.27. The summed E-state index contributed by atoms with van der Waals surface area (Å²) in [7, 11) is 0. The Bertz CT molecular complexity index is 3180. The van der Waals surface area contributed by atoms with Crippen LogP contribution in [0.15, 0.2) is 249 Å². The molecule has 10 aromatic rings. The minimum Gasteiger partial charge on any atom is -0.309 e. The van der Waals surface area contributed by atoms with Gasteiger partial charge in [-0.1, -0.05) is 220 Å². The number of hydrogen-bond donors (Lipinski definition) is 0. The van der Waals surface area contributed by atoms with Crippen LogP contribution in [0, 0.1) is 13.8 Å². The second-order valence-corrected chi connectivity index (χ2v) is 16.9. The summed E-state index contributed by atoms with van der Waals surface area (Å²) in [4.78, 5) is 7.58. The van der Waals surface area contributed by atoms with Gasteiger partial charge in [0.25, 0.3) is 0 Å². The summed E-state index contributed by atoms with van der Waals surface area (Å²) in [5.41, 5.74) is 23.8. The van der Waals surface area contributed by atoms with Crippen LogP contribution < -0.4 is 4.90 Å². The Kier molecular flexibility index (Phi) is 13.8. The zero-order chi connectivity index (χ0) is 46.8. The molecule has 0 atom stereocenters. The van der Waals surface area contributed by atoms with E-state index in [2.05, 4.69) is 268 Å². The van der Waals surface area contributed by atoms with Gasteiger partial charge in [0, 0.05) is 27.9 Å². The van der Waals surface area contributed by atoms with Crippen LogP contribution in [-0.2, 0) is 0 Å². The maximum Gasteiger partial charge on any atom is 0.0715 e. The molecule has 0 aliphatic carbocycles. The average Bonchev–Trinajstić information content (AvgIpc) is 3.52. The molecule has 11 rings (SSSR count). The molecular weight excluding hydrogens is 821 g/mol. The quantitative estimate of drug-likeness (QED) is 0.159. The fourth-order valence-electron chi connectivity index (χ4n) is 9.20. The fraction of sp³-hybridized carbons (Fsp3) is 0.0758. The van der Waals surface area contributed by atoms with Gasteiger partial charge in [-0.25, -0.2) is 4.98 Å². The van der Waals surface area contributed by atoms with E-state index < -0.39 is 0 Å². The molecule has 68 heavy (non-hydrogen) atoms. The van der Waals surface area contributed by atoms with E-state index in [0.717, 1.165) is 33.8 Å². The lowest BCUT2D eigenvalue weighted by atomic mass is 9.88. The molecule has 0 saturated carbocycles. The Morgan fingerprint density at radius 1 is 0.309 bits per heavy atom. The summed E-state index contributed by atoms with van der Waals surface area (Å²) in [6.07, 6.45) is 0. The van der Waals surface area contributed by atoms with Crippen LogP contribution >= 0.6 is 0 Å². The maximum atomic E-state index is 5.17. The van der Waals surface area contributed by atoms with Crippen molar-refractivity contribution < 1.29 is 0 Å². The summed E-state index contributed by atoms with van der Waals surface area (Å²) in [5.74, 6) is 0. The van der Waals surface area contributed by atoms with Gasteiger partial charge >= 0.3 is 0 Å². The molecule has 1 aliphatic rings. The molecule has 1 aliphatic heterocycles. The van der Waals surface area contributed by atoms with Crippen molar-refractivity contribution in [3.05, 3.63) is 277 Å². The van der Waals surface area contributed by atoms with Crippen molar-refractivity contribution in [2.24, 2.45) is 0 Å². The highest BCUT2D eigenvalue weighted by Gasteiger charge is 2.27.